The van der Waals surface area contributed by atoms with Crippen molar-refractivity contribution < 1.29 is 14.0 Å². The smallest absolute Gasteiger partial charge is 0.227 e. The number of para-hydroxylation sites is 1. The van der Waals surface area contributed by atoms with E-state index in [1.54, 1.807) is 18.2 Å². The molecule has 0 bridgehead atoms. The molecule has 0 aliphatic carbocycles. The fourth-order valence-corrected chi connectivity index (χ4v) is 3.25. The van der Waals surface area contributed by atoms with Gasteiger partial charge in [0.25, 0.3) is 0 Å². The topological polar surface area (TPSA) is 49.4 Å². The van der Waals surface area contributed by atoms with Gasteiger partial charge in [0.05, 0.1) is 11.6 Å². The molecule has 2 aromatic carbocycles. The molecule has 1 fully saturated rings. The van der Waals surface area contributed by atoms with Crippen molar-refractivity contribution in [2.75, 3.05) is 11.4 Å². The largest absolute Gasteiger partial charge is 0.353 e. The van der Waals surface area contributed by atoms with E-state index < -0.39 is 11.7 Å². The van der Waals surface area contributed by atoms with Crippen molar-refractivity contribution in [3.8, 4) is 0 Å². The molecule has 1 saturated heterocycles. The van der Waals surface area contributed by atoms with Crippen LogP contribution in [0.2, 0.25) is 0 Å². The lowest BCUT2D eigenvalue weighted by atomic mass is 10.0. The molecule has 2 amide bonds. The summed E-state index contributed by atoms with van der Waals surface area (Å²) in [5.74, 6) is -1.25. The molecule has 2 aromatic rings. The lowest BCUT2D eigenvalue weighted by molar-refractivity contribution is -0.126. The Hall–Kier alpha value is -2.69. The Morgan fingerprint density at radius 3 is 2.62 bits per heavy atom. The SMILES string of the molecule is CC(CCc1ccccc1)NC(=O)C1CC(=O)N(c2ccccc2F)C1. The zero-order valence-electron chi connectivity index (χ0n) is 14.8. The Labute approximate surface area is 153 Å². The van der Waals surface area contributed by atoms with Crippen molar-refractivity contribution in [3.05, 3.63) is 66.0 Å². The lowest BCUT2D eigenvalue weighted by Crippen LogP contribution is -2.38. The minimum atomic E-state index is -0.446. The number of halogens is 1. The minimum absolute atomic E-state index is 0.0142. The molecule has 1 aliphatic heterocycles. The van der Waals surface area contributed by atoms with E-state index >= 15 is 0 Å². The van der Waals surface area contributed by atoms with E-state index in [0.29, 0.717) is 0 Å². The summed E-state index contributed by atoms with van der Waals surface area (Å²) in [5, 5.41) is 2.99. The van der Waals surface area contributed by atoms with E-state index in [4.69, 9.17) is 0 Å². The van der Waals surface area contributed by atoms with Crippen LogP contribution in [0.3, 0.4) is 0 Å². The third kappa shape index (κ3) is 4.28. The van der Waals surface area contributed by atoms with Crippen LogP contribution in [0.25, 0.3) is 0 Å². The molecule has 0 radical (unpaired) electrons. The summed E-state index contributed by atoms with van der Waals surface area (Å²) < 4.78 is 13.9. The first kappa shape index (κ1) is 18.1. The van der Waals surface area contributed by atoms with Crippen LogP contribution in [0.15, 0.2) is 54.6 Å². The standard InChI is InChI=1S/C21H23FN2O2/c1-15(11-12-16-7-3-2-4-8-16)23-21(26)17-13-20(25)24(14-17)19-10-6-5-9-18(19)22/h2-10,15,17H,11-14H2,1H3,(H,23,26). The van der Waals surface area contributed by atoms with Crippen LogP contribution in [0.4, 0.5) is 10.1 Å². The van der Waals surface area contributed by atoms with E-state index in [1.807, 2.05) is 25.1 Å². The van der Waals surface area contributed by atoms with Gasteiger partial charge in [-0.15, -0.1) is 0 Å². The van der Waals surface area contributed by atoms with Crippen molar-refractivity contribution in [3.63, 3.8) is 0 Å². The molecule has 3 rings (SSSR count). The van der Waals surface area contributed by atoms with Crippen molar-refractivity contribution in [2.45, 2.75) is 32.2 Å². The van der Waals surface area contributed by atoms with Gasteiger partial charge >= 0.3 is 0 Å². The molecule has 0 spiro atoms. The molecular formula is C21H23FN2O2. The summed E-state index contributed by atoms with van der Waals surface area (Å²) >= 11 is 0. The van der Waals surface area contributed by atoms with E-state index in [-0.39, 0.29) is 36.5 Å². The van der Waals surface area contributed by atoms with Gasteiger partial charge in [0.1, 0.15) is 5.82 Å². The number of hydrogen-bond acceptors (Lipinski definition) is 2. The van der Waals surface area contributed by atoms with E-state index in [2.05, 4.69) is 17.4 Å². The van der Waals surface area contributed by atoms with Gasteiger partial charge in [-0.05, 0) is 37.5 Å². The zero-order valence-corrected chi connectivity index (χ0v) is 14.8. The van der Waals surface area contributed by atoms with Crippen molar-refractivity contribution >= 4 is 17.5 Å². The molecule has 26 heavy (non-hydrogen) atoms. The third-order valence-corrected chi connectivity index (χ3v) is 4.74. The van der Waals surface area contributed by atoms with Crippen LogP contribution in [-0.2, 0) is 16.0 Å². The first-order chi connectivity index (χ1) is 12.5. The van der Waals surface area contributed by atoms with Crippen LogP contribution >= 0.6 is 0 Å². The van der Waals surface area contributed by atoms with Gasteiger partial charge in [-0.2, -0.15) is 0 Å². The maximum absolute atomic E-state index is 13.9. The Morgan fingerprint density at radius 1 is 1.19 bits per heavy atom. The second kappa shape index (κ2) is 8.13. The lowest BCUT2D eigenvalue weighted by Gasteiger charge is -2.19. The first-order valence-corrected chi connectivity index (χ1v) is 8.94. The van der Waals surface area contributed by atoms with Crippen molar-refractivity contribution in [1.29, 1.82) is 0 Å². The van der Waals surface area contributed by atoms with E-state index in [0.717, 1.165) is 12.8 Å². The molecular weight excluding hydrogens is 331 g/mol. The van der Waals surface area contributed by atoms with Gasteiger partial charge in [0.15, 0.2) is 0 Å². The maximum Gasteiger partial charge on any atom is 0.227 e. The van der Waals surface area contributed by atoms with Gasteiger partial charge in [0, 0.05) is 19.0 Å². The molecule has 2 atom stereocenters. The highest BCUT2D eigenvalue weighted by Gasteiger charge is 2.36. The summed E-state index contributed by atoms with van der Waals surface area (Å²) in [6.07, 6.45) is 1.83. The molecule has 0 aromatic heterocycles. The molecule has 136 valence electrons. The fourth-order valence-electron chi connectivity index (χ4n) is 3.25. The number of nitrogens with zero attached hydrogens (tertiary/aromatic N) is 1. The van der Waals surface area contributed by atoms with Crippen molar-refractivity contribution in [1.82, 2.24) is 5.32 Å². The number of carbonyl (C=O) groups excluding carboxylic acids is 2. The molecule has 2 unspecified atom stereocenters. The second-order valence-corrected chi connectivity index (χ2v) is 6.79. The van der Waals surface area contributed by atoms with Gasteiger partial charge in [0.2, 0.25) is 11.8 Å². The highest BCUT2D eigenvalue weighted by molar-refractivity contribution is 6.00. The summed E-state index contributed by atoms with van der Waals surface area (Å²) in [6.45, 7) is 2.18. The Morgan fingerprint density at radius 2 is 1.88 bits per heavy atom. The number of carbonyl (C=O) groups is 2. The molecule has 1 N–H and O–H groups in total. The van der Waals surface area contributed by atoms with Crippen LogP contribution in [-0.4, -0.2) is 24.4 Å². The second-order valence-electron chi connectivity index (χ2n) is 6.79. The monoisotopic (exact) mass is 354 g/mol. The number of hydrogen-bond donors (Lipinski definition) is 1. The Kier molecular flexibility index (Phi) is 5.66. The first-order valence-electron chi connectivity index (χ1n) is 8.94. The van der Waals surface area contributed by atoms with Crippen LogP contribution in [0, 0.1) is 11.7 Å². The number of rotatable bonds is 6. The van der Waals surface area contributed by atoms with Gasteiger partial charge in [-0.1, -0.05) is 42.5 Å². The van der Waals surface area contributed by atoms with Gasteiger partial charge in [-0.3, -0.25) is 9.59 Å². The van der Waals surface area contributed by atoms with Crippen molar-refractivity contribution in [2.24, 2.45) is 5.92 Å². The highest BCUT2D eigenvalue weighted by Crippen LogP contribution is 2.27. The predicted molar refractivity (Wildman–Crippen MR) is 99.2 cm³/mol. The summed E-state index contributed by atoms with van der Waals surface area (Å²) in [7, 11) is 0. The summed E-state index contributed by atoms with van der Waals surface area (Å²) in [4.78, 5) is 26.1. The summed E-state index contributed by atoms with van der Waals surface area (Å²) in [6, 6.07) is 16.3. The van der Waals surface area contributed by atoms with E-state index in [9.17, 15) is 14.0 Å². The molecule has 4 nitrogen and oxygen atoms in total. The average Bonchev–Trinajstić information content (AvgIpc) is 3.03. The molecule has 0 saturated carbocycles. The van der Waals surface area contributed by atoms with Crippen LogP contribution < -0.4 is 10.2 Å². The number of anilines is 1. The van der Waals surface area contributed by atoms with Gasteiger partial charge < -0.3 is 10.2 Å². The number of aryl methyl sites for hydroxylation is 1. The Balaban J connectivity index is 1.54. The number of nitrogens with one attached hydrogen (secondary N) is 1. The van der Waals surface area contributed by atoms with E-state index in [1.165, 1.54) is 16.5 Å². The highest BCUT2D eigenvalue weighted by atomic mass is 19.1. The van der Waals surface area contributed by atoms with Crippen LogP contribution in [0.5, 0.6) is 0 Å². The summed E-state index contributed by atoms with van der Waals surface area (Å²) in [5.41, 5.74) is 1.47. The maximum atomic E-state index is 13.9. The quantitative estimate of drug-likeness (QED) is 0.865. The zero-order chi connectivity index (χ0) is 18.5. The predicted octanol–water partition coefficient (Wildman–Crippen LogP) is 3.32. The number of amides is 2. The van der Waals surface area contributed by atoms with Crippen LogP contribution in [0.1, 0.15) is 25.3 Å². The minimum Gasteiger partial charge on any atom is -0.353 e. The molecule has 1 heterocycles. The van der Waals surface area contributed by atoms with Gasteiger partial charge in [-0.25, -0.2) is 4.39 Å². The molecule has 1 aliphatic rings. The fraction of sp³-hybridized carbons (Fsp3) is 0.333. The molecule has 5 heteroatoms. The third-order valence-electron chi connectivity index (χ3n) is 4.74. The average molecular weight is 354 g/mol. The number of benzene rings is 2. The Bertz CT molecular complexity index is 779. The normalized spacial score (nSPS) is 18.0.